The number of rotatable bonds is 2. The molecule has 11 heavy (non-hydrogen) atoms. The molecule has 0 aromatic heterocycles. The maximum absolute atomic E-state index is 8.58. The zero-order valence-electron chi connectivity index (χ0n) is 8.26. The molecule has 0 amide bonds. The summed E-state index contributed by atoms with van der Waals surface area (Å²) in [4.78, 5) is 2.12. The van der Waals surface area contributed by atoms with E-state index in [1.54, 1.807) is 13.8 Å². The van der Waals surface area contributed by atoms with Crippen molar-refractivity contribution in [1.82, 2.24) is 4.90 Å². The van der Waals surface area contributed by atoms with Crippen LogP contribution in [0.1, 0.15) is 20.8 Å². The highest BCUT2D eigenvalue weighted by molar-refractivity contribution is 4.59. The number of nitrogens with zero attached hydrogens (tertiary/aromatic N) is 1. The molecule has 0 radical (unpaired) electrons. The Balaban J connectivity index is 0. The van der Waals surface area contributed by atoms with Crippen LogP contribution in [0, 0.1) is 0 Å². The first-order chi connectivity index (χ1) is 4.83. The van der Waals surface area contributed by atoms with Crippen molar-refractivity contribution < 1.29 is 10.2 Å². The van der Waals surface area contributed by atoms with Gasteiger partial charge in [-0.1, -0.05) is 6.92 Å². The highest BCUT2D eigenvalue weighted by Crippen LogP contribution is 1.95. The maximum atomic E-state index is 8.58. The van der Waals surface area contributed by atoms with Gasteiger partial charge in [0, 0.05) is 0 Å². The summed E-state index contributed by atoms with van der Waals surface area (Å²) in [5, 5.41) is 16.7. The summed E-state index contributed by atoms with van der Waals surface area (Å²) < 4.78 is 0. The van der Waals surface area contributed by atoms with E-state index in [-0.39, 0.29) is 6.61 Å². The summed E-state index contributed by atoms with van der Waals surface area (Å²) >= 11 is 0. The SMILES string of the molecule is CC(C)(O)CO.CCN(C)C. The molecule has 0 aliphatic heterocycles. The first-order valence-electron chi connectivity index (χ1n) is 3.81. The van der Waals surface area contributed by atoms with Crippen molar-refractivity contribution in [3.63, 3.8) is 0 Å². The minimum absolute atomic E-state index is 0.174. The predicted molar refractivity (Wildman–Crippen MR) is 47.6 cm³/mol. The second-order valence-corrected chi connectivity index (χ2v) is 3.37. The molecule has 3 nitrogen and oxygen atoms in total. The summed E-state index contributed by atoms with van der Waals surface area (Å²) in [7, 11) is 4.11. The molecule has 2 N–H and O–H groups in total. The van der Waals surface area contributed by atoms with Gasteiger partial charge in [-0.25, -0.2) is 0 Å². The van der Waals surface area contributed by atoms with Gasteiger partial charge in [0.05, 0.1) is 12.2 Å². The van der Waals surface area contributed by atoms with Crippen molar-refractivity contribution in [2.45, 2.75) is 26.4 Å². The Morgan fingerprint density at radius 1 is 1.27 bits per heavy atom. The van der Waals surface area contributed by atoms with Crippen LogP contribution in [0.3, 0.4) is 0 Å². The van der Waals surface area contributed by atoms with Crippen LogP contribution in [-0.4, -0.2) is 48.0 Å². The second kappa shape index (κ2) is 6.58. The van der Waals surface area contributed by atoms with Gasteiger partial charge in [0.1, 0.15) is 0 Å². The fourth-order valence-corrected chi connectivity index (χ4v) is 0. The van der Waals surface area contributed by atoms with Crippen LogP contribution in [0.5, 0.6) is 0 Å². The van der Waals surface area contributed by atoms with E-state index in [0.717, 1.165) is 6.54 Å². The molecular weight excluding hydrogens is 142 g/mol. The average Bonchev–Trinajstić information content (AvgIpc) is 1.88. The molecule has 0 spiro atoms. The number of aliphatic hydroxyl groups excluding tert-OH is 1. The number of aliphatic hydroxyl groups is 2. The number of hydrogen-bond donors (Lipinski definition) is 2. The van der Waals surface area contributed by atoms with Gasteiger partial charge in [0.2, 0.25) is 0 Å². The second-order valence-electron chi connectivity index (χ2n) is 3.37. The van der Waals surface area contributed by atoms with E-state index in [0.29, 0.717) is 0 Å². The van der Waals surface area contributed by atoms with Crippen LogP contribution in [0.4, 0.5) is 0 Å². The van der Waals surface area contributed by atoms with Gasteiger partial charge in [-0.2, -0.15) is 0 Å². The molecule has 0 bridgehead atoms. The summed E-state index contributed by atoms with van der Waals surface area (Å²) in [6.07, 6.45) is 0. The van der Waals surface area contributed by atoms with E-state index < -0.39 is 5.60 Å². The van der Waals surface area contributed by atoms with Crippen molar-refractivity contribution in [2.24, 2.45) is 0 Å². The lowest BCUT2D eigenvalue weighted by molar-refractivity contribution is 0.0183. The minimum atomic E-state index is -0.903. The van der Waals surface area contributed by atoms with E-state index in [1.165, 1.54) is 0 Å². The van der Waals surface area contributed by atoms with Crippen LogP contribution in [-0.2, 0) is 0 Å². The molecule has 0 saturated carbocycles. The maximum Gasteiger partial charge on any atom is 0.0821 e. The molecule has 70 valence electrons. The molecule has 0 aliphatic carbocycles. The molecular formula is C8H21NO2. The van der Waals surface area contributed by atoms with Crippen molar-refractivity contribution in [1.29, 1.82) is 0 Å². The Hall–Kier alpha value is -0.120. The third kappa shape index (κ3) is 25.8. The van der Waals surface area contributed by atoms with Gasteiger partial charge >= 0.3 is 0 Å². The van der Waals surface area contributed by atoms with Crippen molar-refractivity contribution in [3.8, 4) is 0 Å². The summed E-state index contributed by atoms with van der Waals surface area (Å²) in [6, 6.07) is 0. The molecule has 0 fully saturated rings. The third-order valence-electron chi connectivity index (χ3n) is 1.02. The minimum Gasteiger partial charge on any atom is -0.393 e. The quantitative estimate of drug-likeness (QED) is 0.616. The molecule has 0 aromatic carbocycles. The first kappa shape index (κ1) is 13.5. The topological polar surface area (TPSA) is 43.7 Å². The molecule has 0 rings (SSSR count). The molecule has 0 unspecified atom stereocenters. The molecule has 0 heterocycles. The average molecular weight is 163 g/mol. The van der Waals surface area contributed by atoms with Crippen LogP contribution < -0.4 is 0 Å². The van der Waals surface area contributed by atoms with Crippen molar-refractivity contribution in [2.75, 3.05) is 27.2 Å². The lowest BCUT2D eigenvalue weighted by atomic mass is 10.2. The third-order valence-corrected chi connectivity index (χ3v) is 1.02. The molecule has 0 aliphatic rings. The number of hydrogen-bond acceptors (Lipinski definition) is 3. The Labute approximate surface area is 69.6 Å². The van der Waals surface area contributed by atoms with Gasteiger partial charge in [0.15, 0.2) is 0 Å². The Morgan fingerprint density at radius 3 is 1.45 bits per heavy atom. The fraction of sp³-hybridized carbons (Fsp3) is 1.00. The van der Waals surface area contributed by atoms with Gasteiger partial charge in [-0.05, 0) is 34.5 Å². The van der Waals surface area contributed by atoms with E-state index >= 15 is 0 Å². The molecule has 0 atom stereocenters. The lowest BCUT2D eigenvalue weighted by Crippen LogP contribution is -2.23. The molecule has 0 aromatic rings. The van der Waals surface area contributed by atoms with Gasteiger partial charge in [-0.15, -0.1) is 0 Å². The van der Waals surface area contributed by atoms with Crippen LogP contribution in [0.2, 0.25) is 0 Å². The monoisotopic (exact) mass is 163 g/mol. The highest BCUT2D eigenvalue weighted by Gasteiger charge is 2.07. The van der Waals surface area contributed by atoms with Gasteiger partial charge in [-0.3, -0.25) is 0 Å². The van der Waals surface area contributed by atoms with E-state index in [9.17, 15) is 0 Å². The van der Waals surface area contributed by atoms with Crippen molar-refractivity contribution >= 4 is 0 Å². The van der Waals surface area contributed by atoms with Crippen LogP contribution in [0.15, 0.2) is 0 Å². The zero-order chi connectivity index (χ0) is 9.49. The molecule has 0 saturated heterocycles. The summed E-state index contributed by atoms with van der Waals surface area (Å²) in [6.45, 7) is 6.19. The van der Waals surface area contributed by atoms with Gasteiger partial charge in [0.25, 0.3) is 0 Å². The van der Waals surface area contributed by atoms with Crippen LogP contribution in [0.25, 0.3) is 0 Å². The summed E-state index contributed by atoms with van der Waals surface area (Å²) in [5.41, 5.74) is -0.903. The first-order valence-corrected chi connectivity index (χ1v) is 3.81. The Bertz CT molecular complexity index is 76.7. The Kier molecular flexibility index (Phi) is 8.06. The molecule has 3 heteroatoms. The van der Waals surface area contributed by atoms with E-state index in [1.807, 2.05) is 0 Å². The smallest absolute Gasteiger partial charge is 0.0821 e. The zero-order valence-corrected chi connectivity index (χ0v) is 8.26. The van der Waals surface area contributed by atoms with E-state index in [2.05, 4.69) is 25.9 Å². The largest absolute Gasteiger partial charge is 0.393 e. The van der Waals surface area contributed by atoms with Gasteiger partial charge < -0.3 is 15.1 Å². The standard InChI is InChI=1S/C4H11N.C4H10O2/c1-4-5(2)3;1-4(2,6)3-5/h4H2,1-3H3;5-6H,3H2,1-2H3. The fourth-order valence-electron chi connectivity index (χ4n) is 0. The van der Waals surface area contributed by atoms with Crippen LogP contribution >= 0.6 is 0 Å². The lowest BCUT2D eigenvalue weighted by Gasteiger charge is -2.10. The van der Waals surface area contributed by atoms with Crippen molar-refractivity contribution in [3.05, 3.63) is 0 Å². The Morgan fingerprint density at radius 2 is 1.45 bits per heavy atom. The highest BCUT2D eigenvalue weighted by atomic mass is 16.3. The predicted octanol–water partition coefficient (Wildman–Crippen LogP) is 0.317. The summed E-state index contributed by atoms with van der Waals surface area (Å²) in [5.74, 6) is 0. The van der Waals surface area contributed by atoms with E-state index in [4.69, 9.17) is 10.2 Å². The normalized spacial score (nSPS) is 10.9.